The molecule has 0 atom stereocenters. The third-order valence-corrected chi connectivity index (χ3v) is 3.61. The second kappa shape index (κ2) is 5.58. The fourth-order valence-corrected chi connectivity index (χ4v) is 2.47. The monoisotopic (exact) mass is 300 g/mol. The van der Waals surface area contributed by atoms with Crippen molar-refractivity contribution >= 4 is 34.7 Å². The molecular formula is C16H13ClN2O2. The number of ketones is 1. The Morgan fingerprint density at radius 3 is 2.62 bits per heavy atom. The molecule has 0 radical (unpaired) electrons. The van der Waals surface area contributed by atoms with Gasteiger partial charge in [0.05, 0.1) is 24.5 Å². The molecule has 0 saturated carbocycles. The second-order valence-electron chi connectivity index (χ2n) is 4.85. The smallest absolute Gasteiger partial charge is 0.243 e. The van der Waals surface area contributed by atoms with Gasteiger partial charge in [-0.3, -0.25) is 9.59 Å². The van der Waals surface area contributed by atoms with Gasteiger partial charge in [0.1, 0.15) is 0 Å². The molecule has 0 aromatic heterocycles. The molecule has 3 rings (SSSR count). The minimum Gasteiger partial charge on any atom is -0.353 e. The number of nitrogens with one attached hydrogen (secondary N) is 1. The van der Waals surface area contributed by atoms with Gasteiger partial charge in [0.25, 0.3) is 0 Å². The van der Waals surface area contributed by atoms with Gasteiger partial charge in [0.2, 0.25) is 5.91 Å². The number of anilines is 2. The van der Waals surface area contributed by atoms with E-state index in [2.05, 4.69) is 5.32 Å². The standard InChI is InChI=1S/C16H13ClN2O2/c17-12-7-5-11(6-8-12)15(20)9-19-10-16(21)18-13-3-1-2-4-14(13)19/h1-8H,9-10H2,(H,18,21). The zero-order valence-corrected chi connectivity index (χ0v) is 11.9. The van der Waals surface area contributed by atoms with Crippen molar-refractivity contribution in [2.24, 2.45) is 0 Å². The van der Waals surface area contributed by atoms with Crippen LogP contribution in [0.3, 0.4) is 0 Å². The number of amides is 1. The average molecular weight is 301 g/mol. The van der Waals surface area contributed by atoms with Crippen LogP contribution in [0.2, 0.25) is 5.02 Å². The van der Waals surface area contributed by atoms with E-state index in [1.54, 1.807) is 29.2 Å². The summed E-state index contributed by atoms with van der Waals surface area (Å²) in [6.45, 7) is 0.336. The molecule has 0 saturated heterocycles. The molecule has 0 bridgehead atoms. The first-order valence-electron chi connectivity index (χ1n) is 6.56. The maximum Gasteiger partial charge on any atom is 0.243 e. The molecule has 1 aliphatic rings. The molecule has 0 fully saturated rings. The largest absolute Gasteiger partial charge is 0.353 e. The molecular weight excluding hydrogens is 288 g/mol. The van der Waals surface area contributed by atoms with Crippen LogP contribution in [0.5, 0.6) is 0 Å². The maximum atomic E-state index is 12.3. The minimum absolute atomic E-state index is 0.0452. The fraction of sp³-hybridized carbons (Fsp3) is 0.125. The van der Waals surface area contributed by atoms with Crippen LogP contribution in [0.25, 0.3) is 0 Å². The number of halogens is 1. The number of nitrogens with zero attached hydrogens (tertiary/aromatic N) is 1. The lowest BCUT2D eigenvalue weighted by Gasteiger charge is -2.30. The molecule has 0 unspecified atom stereocenters. The highest BCUT2D eigenvalue weighted by atomic mass is 35.5. The number of benzene rings is 2. The predicted molar refractivity (Wildman–Crippen MR) is 83.1 cm³/mol. The molecule has 1 N–H and O–H groups in total. The van der Waals surface area contributed by atoms with Crippen molar-refractivity contribution in [2.45, 2.75) is 0 Å². The van der Waals surface area contributed by atoms with E-state index in [1.165, 1.54) is 0 Å². The summed E-state index contributed by atoms with van der Waals surface area (Å²) in [5.41, 5.74) is 2.18. The highest BCUT2D eigenvalue weighted by Gasteiger charge is 2.23. The highest BCUT2D eigenvalue weighted by Crippen LogP contribution is 2.28. The van der Waals surface area contributed by atoms with Crippen LogP contribution in [0, 0.1) is 0 Å². The van der Waals surface area contributed by atoms with E-state index < -0.39 is 0 Å². The quantitative estimate of drug-likeness (QED) is 0.887. The highest BCUT2D eigenvalue weighted by molar-refractivity contribution is 6.30. The molecule has 1 heterocycles. The van der Waals surface area contributed by atoms with Crippen LogP contribution in [0.4, 0.5) is 11.4 Å². The molecule has 1 amide bonds. The van der Waals surface area contributed by atoms with Crippen LogP contribution in [-0.2, 0) is 4.79 Å². The van der Waals surface area contributed by atoms with Gasteiger partial charge in [-0.1, -0.05) is 23.7 Å². The van der Waals surface area contributed by atoms with Crippen LogP contribution < -0.4 is 10.2 Å². The second-order valence-corrected chi connectivity index (χ2v) is 5.29. The summed E-state index contributed by atoms with van der Waals surface area (Å²) < 4.78 is 0. The maximum absolute atomic E-state index is 12.3. The summed E-state index contributed by atoms with van der Waals surface area (Å²) in [4.78, 5) is 25.8. The number of hydrogen-bond donors (Lipinski definition) is 1. The summed E-state index contributed by atoms with van der Waals surface area (Å²) in [5.74, 6) is -0.159. The van der Waals surface area contributed by atoms with Crippen LogP contribution in [-0.4, -0.2) is 24.8 Å². The van der Waals surface area contributed by atoms with Crippen molar-refractivity contribution in [1.29, 1.82) is 0 Å². The lowest BCUT2D eigenvalue weighted by atomic mass is 10.1. The summed E-state index contributed by atoms with van der Waals surface area (Å²) in [7, 11) is 0. The number of hydrogen-bond acceptors (Lipinski definition) is 3. The molecule has 5 heteroatoms. The third kappa shape index (κ3) is 2.90. The number of rotatable bonds is 3. The van der Waals surface area contributed by atoms with Crippen molar-refractivity contribution < 1.29 is 9.59 Å². The van der Waals surface area contributed by atoms with E-state index in [4.69, 9.17) is 11.6 Å². The van der Waals surface area contributed by atoms with E-state index in [0.29, 0.717) is 10.6 Å². The fourth-order valence-electron chi connectivity index (χ4n) is 2.34. The van der Waals surface area contributed by atoms with Crippen molar-refractivity contribution in [3.8, 4) is 0 Å². The van der Waals surface area contributed by atoms with E-state index >= 15 is 0 Å². The average Bonchev–Trinajstić information content (AvgIpc) is 2.47. The normalized spacial score (nSPS) is 13.6. The lowest BCUT2D eigenvalue weighted by molar-refractivity contribution is -0.115. The van der Waals surface area contributed by atoms with Crippen molar-refractivity contribution in [3.05, 3.63) is 59.1 Å². The molecule has 1 aliphatic heterocycles. The van der Waals surface area contributed by atoms with Crippen molar-refractivity contribution in [1.82, 2.24) is 0 Å². The Balaban J connectivity index is 1.83. The van der Waals surface area contributed by atoms with Crippen LogP contribution >= 0.6 is 11.6 Å². The Morgan fingerprint density at radius 2 is 1.86 bits per heavy atom. The van der Waals surface area contributed by atoms with E-state index in [1.807, 2.05) is 24.3 Å². The summed E-state index contributed by atoms with van der Waals surface area (Å²) in [6.07, 6.45) is 0. The Labute approximate surface area is 127 Å². The van der Waals surface area contributed by atoms with Gasteiger partial charge < -0.3 is 10.2 Å². The first-order valence-corrected chi connectivity index (χ1v) is 6.94. The van der Waals surface area contributed by atoms with Crippen LogP contribution in [0.1, 0.15) is 10.4 Å². The summed E-state index contributed by atoms with van der Waals surface area (Å²) >= 11 is 5.82. The zero-order valence-electron chi connectivity index (χ0n) is 11.2. The van der Waals surface area contributed by atoms with Crippen LogP contribution in [0.15, 0.2) is 48.5 Å². The summed E-state index contributed by atoms with van der Waals surface area (Å²) in [5, 5.41) is 3.39. The van der Waals surface area contributed by atoms with Gasteiger partial charge in [-0.25, -0.2) is 0 Å². The van der Waals surface area contributed by atoms with Crippen molar-refractivity contribution in [3.63, 3.8) is 0 Å². The number of carbonyl (C=O) groups is 2. The molecule has 2 aromatic carbocycles. The Hall–Kier alpha value is -2.33. The molecule has 0 aliphatic carbocycles. The third-order valence-electron chi connectivity index (χ3n) is 3.35. The van der Waals surface area contributed by atoms with Gasteiger partial charge in [-0.15, -0.1) is 0 Å². The number of Topliss-reactive ketones (excluding diaryl/α,β-unsaturated/α-hetero) is 1. The molecule has 21 heavy (non-hydrogen) atoms. The van der Waals surface area contributed by atoms with E-state index in [-0.39, 0.29) is 24.8 Å². The first-order chi connectivity index (χ1) is 10.1. The van der Waals surface area contributed by atoms with Gasteiger partial charge in [-0.2, -0.15) is 0 Å². The molecule has 4 nitrogen and oxygen atoms in total. The van der Waals surface area contributed by atoms with E-state index in [9.17, 15) is 9.59 Å². The number of para-hydroxylation sites is 2. The molecule has 0 spiro atoms. The molecule has 106 valence electrons. The van der Waals surface area contributed by atoms with Crippen molar-refractivity contribution in [2.75, 3.05) is 23.3 Å². The molecule has 2 aromatic rings. The Bertz CT molecular complexity index is 698. The Morgan fingerprint density at radius 1 is 1.14 bits per heavy atom. The minimum atomic E-state index is -0.113. The van der Waals surface area contributed by atoms with Gasteiger partial charge in [-0.05, 0) is 36.4 Å². The Kier molecular flexibility index (Phi) is 3.62. The van der Waals surface area contributed by atoms with Gasteiger partial charge >= 0.3 is 0 Å². The zero-order chi connectivity index (χ0) is 14.8. The predicted octanol–water partition coefficient (Wildman–Crippen LogP) is 2.98. The van der Waals surface area contributed by atoms with E-state index in [0.717, 1.165) is 11.4 Å². The summed E-state index contributed by atoms with van der Waals surface area (Å²) in [6, 6.07) is 14.2. The first kappa shape index (κ1) is 13.6. The van der Waals surface area contributed by atoms with Gasteiger partial charge in [0.15, 0.2) is 5.78 Å². The lowest BCUT2D eigenvalue weighted by Crippen LogP contribution is -2.41. The van der Waals surface area contributed by atoms with Gasteiger partial charge in [0, 0.05) is 10.6 Å². The number of carbonyl (C=O) groups excluding carboxylic acids is 2. The topological polar surface area (TPSA) is 49.4 Å². The SMILES string of the molecule is O=C1CN(CC(=O)c2ccc(Cl)cc2)c2ccccc2N1. The number of fused-ring (bicyclic) bond motifs is 1.